The Morgan fingerprint density at radius 1 is 1.41 bits per heavy atom. The van der Waals surface area contributed by atoms with Crippen molar-refractivity contribution >= 4 is 5.91 Å². The highest BCUT2D eigenvalue weighted by Gasteiger charge is 2.25. The average molecular weight is 302 g/mol. The number of hydrogen-bond acceptors (Lipinski definition) is 4. The van der Waals surface area contributed by atoms with Crippen molar-refractivity contribution in [3.05, 3.63) is 30.6 Å². The maximum absolute atomic E-state index is 12.6. The first-order valence-corrected chi connectivity index (χ1v) is 7.79. The largest absolute Gasteiger partial charge is 0.338 e. The van der Waals surface area contributed by atoms with Crippen LogP contribution in [0.5, 0.6) is 0 Å². The van der Waals surface area contributed by atoms with Crippen LogP contribution in [0.2, 0.25) is 0 Å². The zero-order valence-electron chi connectivity index (χ0n) is 13.1. The van der Waals surface area contributed by atoms with E-state index in [1.807, 2.05) is 20.5 Å². The van der Waals surface area contributed by atoms with E-state index in [0.29, 0.717) is 11.5 Å². The molecule has 1 aliphatic heterocycles. The van der Waals surface area contributed by atoms with Crippen LogP contribution in [0.25, 0.3) is 0 Å². The van der Waals surface area contributed by atoms with Crippen LogP contribution in [0.15, 0.2) is 25.0 Å². The molecule has 0 bridgehead atoms. The predicted molar refractivity (Wildman–Crippen MR) is 81.3 cm³/mol. The number of likely N-dealkylation sites (tertiary alicyclic amines) is 1. The first-order chi connectivity index (χ1) is 10.6. The molecule has 3 heterocycles. The molecule has 118 valence electrons. The Bertz CT molecular complexity index is 618. The van der Waals surface area contributed by atoms with Crippen molar-refractivity contribution in [3.63, 3.8) is 0 Å². The van der Waals surface area contributed by atoms with Crippen molar-refractivity contribution in [1.29, 1.82) is 0 Å². The van der Waals surface area contributed by atoms with E-state index in [1.165, 1.54) is 0 Å². The van der Waals surface area contributed by atoms with Crippen LogP contribution in [-0.4, -0.2) is 48.4 Å². The lowest BCUT2D eigenvalue weighted by molar-refractivity contribution is 0.0659. The van der Waals surface area contributed by atoms with E-state index in [0.717, 1.165) is 32.5 Å². The average Bonchev–Trinajstić information content (AvgIpc) is 3.18. The van der Waals surface area contributed by atoms with Crippen LogP contribution < -0.4 is 0 Å². The molecule has 0 aliphatic carbocycles. The Kier molecular flexibility index (Phi) is 4.22. The minimum absolute atomic E-state index is 0.0789. The van der Waals surface area contributed by atoms with Gasteiger partial charge >= 0.3 is 0 Å². The molecule has 0 radical (unpaired) electrons. The fourth-order valence-corrected chi connectivity index (χ4v) is 2.90. The summed E-state index contributed by atoms with van der Waals surface area (Å²) in [5, 5.41) is 8.41. The van der Waals surface area contributed by atoms with E-state index in [2.05, 4.69) is 29.0 Å². The van der Waals surface area contributed by atoms with Gasteiger partial charge in [0, 0.05) is 31.9 Å². The number of amides is 1. The van der Waals surface area contributed by atoms with Gasteiger partial charge < -0.3 is 4.90 Å². The summed E-state index contributed by atoms with van der Waals surface area (Å²) < 4.78 is 3.67. The van der Waals surface area contributed by atoms with Gasteiger partial charge in [0.05, 0.1) is 11.8 Å². The molecule has 0 saturated carbocycles. The third kappa shape index (κ3) is 3.18. The van der Waals surface area contributed by atoms with Gasteiger partial charge in [0.2, 0.25) is 0 Å². The van der Waals surface area contributed by atoms with Crippen molar-refractivity contribution in [2.45, 2.75) is 39.3 Å². The number of carbonyl (C=O) groups is 1. The molecular formula is C15H22N6O. The Morgan fingerprint density at radius 2 is 2.27 bits per heavy atom. The van der Waals surface area contributed by atoms with Gasteiger partial charge in [-0.25, -0.2) is 4.98 Å². The monoisotopic (exact) mass is 302 g/mol. The Hall–Kier alpha value is -2.18. The van der Waals surface area contributed by atoms with Crippen molar-refractivity contribution < 1.29 is 4.79 Å². The van der Waals surface area contributed by atoms with Crippen molar-refractivity contribution in [1.82, 2.24) is 29.4 Å². The summed E-state index contributed by atoms with van der Waals surface area (Å²) in [6, 6.07) is 0.267. The Morgan fingerprint density at radius 3 is 2.95 bits per heavy atom. The third-order valence-electron chi connectivity index (χ3n) is 4.10. The Labute approximate surface area is 129 Å². The fraction of sp³-hybridized carbons (Fsp3) is 0.600. The second-order valence-electron chi connectivity index (χ2n) is 6.18. The SMILES string of the molecule is CC(C)n1cc(C(=O)N2CCCC(Cn3cncn3)C2)cn1. The van der Waals surface area contributed by atoms with Crippen LogP contribution in [0.3, 0.4) is 0 Å². The molecule has 0 N–H and O–H groups in total. The molecule has 2 aromatic heterocycles. The van der Waals surface area contributed by atoms with Crippen molar-refractivity contribution in [2.24, 2.45) is 5.92 Å². The summed E-state index contributed by atoms with van der Waals surface area (Å²) >= 11 is 0. The maximum atomic E-state index is 12.6. The maximum Gasteiger partial charge on any atom is 0.257 e. The molecule has 1 saturated heterocycles. The molecule has 22 heavy (non-hydrogen) atoms. The molecule has 1 unspecified atom stereocenters. The smallest absolute Gasteiger partial charge is 0.257 e. The van der Waals surface area contributed by atoms with E-state index < -0.39 is 0 Å². The highest BCUT2D eigenvalue weighted by Crippen LogP contribution is 2.20. The second kappa shape index (κ2) is 6.29. The molecule has 2 aromatic rings. The number of piperidine rings is 1. The summed E-state index contributed by atoms with van der Waals surface area (Å²) in [5.74, 6) is 0.509. The highest BCUT2D eigenvalue weighted by atomic mass is 16.2. The van der Waals surface area contributed by atoms with Gasteiger partial charge in [-0.3, -0.25) is 14.2 Å². The Balaban J connectivity index is 1.64. The summed E-state index contributed by atoms with van der Waals surface area (Å²) in [6.45, 7) is 6.51. The van der Waals surface area contributed by atoms with E-state index in [-0.39, 0.29) is 11.9 Å². The van der Waals surface area contributed by atoms with Crippen LogP contribution in [0, 0.1) is 5.92 Å². The molecule has 0 aromatic carbocycles. The third-order valence-corrected chi connectivity index (χ3v) is 4.10. The number of rotatable bonds is 4. The predicted octanol–water partition coefficient (Wildman–Crippen LogP) is 1.61. The highest BCUT2D eigenvalue weighted by molar-refractivity contribution is 5.93. The van der Waals surface area contributed by atoms with Crippen molar-refractivity contribution in [2.75, 3.05) is 13.1 Å². The van der Waals surface area contributed by atoms with Crippen LogP contribution in [0.4, 0.5) is 0 Å². The molecule has 3 rings (SSSR count). The molecule has 1 atom stereocenters. The molecule has 7 nitrogen and oxygen atoms in total. The molecule has 1 fully saturated rings. The van der Waals surface area contributed by atoms with Gasteiger partial charge in [0.1, 0.15) is 12.7 Å². The summed E-state index contributed by atoms with van der Waals surface area (Å²) in [5.41, 5.74) is 0.676. The van der Waals surface area contributed by atoms with E-state index in [9.17, 15) is 4.79 Å². The normalized spacial score (nSPS) is 18.9. The number of aromatic nitrogens is 5. The number of nitrogens with zero attached hydrogens (tertiary/aromatic N) is 6. The lowest BCUT2D eigenvalue weighted by Crippen LogP contribution is -2.41. The van der Waals surface area contributed by atoms with Gasteiger partial charge in [0.15, 0.2) is 0 Å². The fourth-order valence-electron chi connectivity index (χ4n) is 2.90. The van der Waals surface area contributed by atoms with E-state index in [1.54, 1.807) is 18.9 Å². The quantitative estimate of drug-likeness (QED) is 0.860. The van der Waals surface area contributed by atoms with Crippen LogP contribution in [0.1, 0.15) is 43.1 Å². The zero-order chi connectivity index (χ0) is 15.5. The molecule has 7 heteroatoms. The second-order valence-corrected chi connectivity index (χ2v) is 6.18. The lowest BCUT2D eigenvalue weighted by Gasteiger charge is -2.32. The van der Waals surface area contributed by atoms with Gasteiger partial charge in [-0.05, 0) is 32.6 Å². The first-order valence-electron chi connectivity index (χ1n) is 7.79. The number of hydrogen-bond donors (Lipinski definition) is 0. The van der Waals surface area contributed by atoms with Crippen LogP contribution >= 0.6 is 0 Å². The zero-order valence-corrected chi connectivity index (χ0v) is 13.1. The van der Waals surface area contributed by atoms with E-state index >= 15 is 0 Å². The first kappa shape index (κ1) is 14.7. The summed E-state index contributed by atoms with van der Waals surface area (Å²) in [6.07, 6.45) is 8.94. The lowest BCUT2D eigenvalue weighted by atomic mass is 9.97. The molecule has 1 amide bonds. The van der Waals surface area contributed by atoms with Gasteiger partial charge in [0.25, 0.3) is 5.91 Å². The minimum Gasteiger partial charge on any atom is -0.338 e. The minimum atomic E-state index is 0.0789. The van der Waals surface area contributed by atoms with Crippen molar-refractivity contribution in [3.8, 4) is 0 Å². The molecule has 0 spiro atoms. The summed E-state index contributed by atoms with van der Waals surface area (Å²) in [4.78, 5) is 18.5. The number of carbonyl (C=O) groups excluding carboxylic acids is 1. The van der Waals surface area contributed by atoms with Gasteiger partial charge in [-0.1, -0.05) is 0 Å². The molecular weight excluding hydrogens is 280 g/mol. The molecule has 1 aliphatic rings. The standard InChI is InChI=1S/C15H22N6O/c1-12(2)21-9-14(6-17-21)15(22)19-5-3-4-13(7-19)8-20-11-16-10-18-20/h6,9-13H,3-5,7-8H2,1-2H3. The summed E-state index contributed by atoms with van der Waals surface area (Å²) in [7, 11) is 0. The van der Waals surface area contributed by atoms with Crippen LogP contribution in [-0.2, 0) is 6.54 Å². The topological polar surface area (TPSA) is 68.8 Å². The van der Waals surface area contributed by atoms with Gasteiger partial charge in [-0.2, -0.15) is 10.2 Å². The van der Waals surface area contributed by atoms with Gasteiger partial charge in [-0.15, -0.1) is 0 Å². The van der Waals surface area contributed by atoms with E-state index in [4.69, 9.17) is 0 Å².